The summed E-state index contributed by atoms with van der Waals surface area (Å²) >= 11 is 12.1. The molecule has 1 aliphatic heterocycles. The van der Waals surface area contributed by atoms with Gasteiger partial charge in [0.05, 0.1) is 30.5 Å². The number of aliphatic imine (C=N–C) groups is 1. The number of rotatable bonds is 6. The SMILES string of the molecule is CCOc1cc(C(F)(F)F)ccc1C1=NC(c2ccc(Cl)cc2)C(c2ccc(Cl)cc2)N1C(=O)O.COCN. The van der Waals surface area contributed by atoms with E-state index in [0.717, 1.165) is 17.0 Å². The van der Waals surface area contributed by atoms with E-state index in [-0.39, 0.29) is 23.8 Å². The average molecular weight is 584 g/mol. The van der Waals surface area contributed by atoms with E-state index < -0.39 is 29.9 Å². The first kappa shape index (κ1) is 30.2. The van der Waals surface area contributed by atoms with Gasteiger partial charge in [-0.3, -0.25) is 9.89 Å². The number of nitrogens with zero attached hydrogens (tertiary/aromatic N) is 2. The zero-order valence-corrected chi connectivity index (χ0v) is 22.5. The molecule has 39 heavy (non-hydrogen) atoms. The van der Waals surface area contributed by atoms with Gasteiger partial charge in [0.15, 0.2) is 0 Å². The maximum Gasteiger partial charge on any atom is 0.416 e. The topological polar surface area (TPSA) is 97.4 Å². The number of alkyl halides is 3. The fourth-order valence-electron chi connectivity index (χ4n) is 4.01. The second-order valence-electron chi connectivity index (χ2n) is 8.20. The Labute approximate surface area is 233 Å². The second kappa shape index (κ2) is 13.2. The molecule has 2 unspecified atom stereocenters. The molecule has 0 saturated carbocycles. The second-order valence-corrected chi connectivity index (χ2v) is 9.07. The first-order valence-corrected chi connectivity index (χ1v) is 12.4. The van der Waals surface area contributed by atoms with Crippen LogP contribution in [-0.2, 0) is 10.9 Å². The van der Waals surface area contributed by atoms with Crippen LogP contribution in [0.5, 0.6) is 5.75 Å². The van der Waals surface area contributed by atoms with Gasteiger partial charge >= 0.3 is 12.3 Å². The number of amidine groups is 1. The van der Waals surface area contributed by atoms with Crippen molar-refractivity contribution in [2.24, 2.45) is 10.7 Å². The summed E-state index contributed by atoms with van der Waals surface area (Å²) < 4.78 is 49.8. The quantitative estimate of drug-likeness (QED) is 0.299. The molecule has 0 fully saturated rings. The van der Waals surface area contributed by atoms with Crippen molar-refractivity contribution in [1.82, 2.24) is 4.90 Å². The molecular weight excluding hydrogens is 558 g/mol. The van der Waals surface area contributed by atoms with Crippen LogP contribution in [0.25, 0.3) is 0 Å². The number of halogens is 5. The minimum absolute atomic E-state index is 0.0189. The number of carbonyl (C=O) groups is 1. The van der Waals surface area contributed by atoms with Crippen LogP contribution in [0.15, 0.2) is 71.7 Å². The van der Waals surface area contributed by atoms with Crippen LogP contribution >= 0.6 is 23.2 Å². The van der Waals surface area contributed by atoms with E-state index in [4.69, 9.17) is 38.7 Å². The van der Waals surface area contributed by atoms with E-state index in [1.54, 1.807) is 62.6 Å². The van der Waals surface area contributed by atoms with Crippen LogP contribution in [0.1, 0.15) is 41.3 Å². The molecule has 0 spiro atoms. The van der Waals surface area contributed by atoms with E-state index >= 15 is 0 Å². The average Bonchev–Trinajstić information content (AvgIpc) is 3.30. The molecule has 4 rings (SSSR count). The van der Waals surface area contributed by atoms with Crippen LogP contribution in [0.3, 0.4) is 0 Å². The molecule has 208 valence electrons. The Bertz CT molecular complexity index is 1300. The van der Waals surface area contributed by atoms with Crippen molar-refractivity contribution in [3.63, 3.8) is 0 Å². The largest absolute Gasteiger partial charge is 0.493 e. The summed E-state index contributed by atoms with van der Waals surface area (Å²) in [5.74, 6) is -0.131. The summed E-state index contributed by atoms with van der Waals surface area (Å²) in [5.41, 5.74) is 5.33. The third kappa shape index (κ3) is 7.21. The van der Waals surface area contributed by atoms with Crippen LogP contribution in [-0.4, -0.2) is 42.4 Å². The molecular formula is C27H26Cl2F3N3O4. The minimum atomic E-state index is -4.59. The van der Waals surface area contributed by atoms with Crippen LogP contribution < -0.4 is 10.5 Å². The Morgan fingerprint density at radius 2 is 1.56 bits per heavy atom. The highest BCUT2D eigenvalue weighted by molar-refractivity contribution is 6.30. The predicted molar refractivity (Wildman–Crippen MR) is 143 cm³/mol. The van der Waals surface area contributed by atoms with Gasteiger partial charge < -0.3 is 20.3 Å². The third-order valence-corrected chi connectivity index (χ3v) is 6.22. The molecule has 7 nitrogen and oxygen atoms in total. The summed E-state index contributed by atoms with van der Waals surface area (Å²) in [4.78, 5) is 18.3. The Kier molecular flexibility index (Phi) is 10.2. The molecule has 3 N–H and O–H groups in total. The van der Waals surface area contributed by atoms with Crippen molar-refractivity contribution < 1.29 is 32.5 Å². The predicted octanol–water partition coefficient (Wildman–Crippen LogP) is 7.18. The molecule has 1 amide bonds. The van der Waals surface area contributed by atoms with Gasteiger partial charge in [0.1, 0.15) is 17.6 Å². The lowest BCUT2D eigenvalue weighted by Gasteiger charge is -2.27. The normalized spacial score (nSPS) is 16.8. The number of nitrogens with two attached hydrogens (primary N) is 1. The molecule has 3 aromatic rings. The van der Waals surface area contributed by atoms with Gasteiger partial charge in [0, 0.05) is 17.2 Å². The molecule has 1 heterocycles. The van der Waals surface area contributed by atoms with Gasteiger partial charge in [-0.15, -0.1) is 0 Å². The van der Waals surface area contributed by atoms with Crippen LogP contribution in [0, 0.1) is 0 Å². The van der Waals surface area contributed by atoms with Crippen molar-refractivity contribution in [2.45, 2.75) is 25.2 Å². The zero-order valence-electron chi connectivity index (χ0n) is 21.0. The Hall–Kier alpha value is -3.31. The molecule has 1 aliphatic rings. The maximum absolute atomic E-state index is 13.3. The molecule has 2 atom stereocenters. The van der Waals surface area contributed by atoms with E-state index in [0.29, 0.717) is 27.9 Å². The highest BCUT2D eigenvalue weighted by Crippen LogP contribution is 2.45. The maximum atomic E-state index is 13.3. The number of amides is 1. The van der Waals surface area contributed by atoms with E-state index in [9.17, 15) is 23.1 Å². The lowest BCUT2D eigenvalue weighted by molar-refractivity contribution is -0.137. The number of ether oxygens (including phenoxy) is 2. The van der Waals surface area contributed by atoms with Crippen molar-refractivity contribution in [3.8, 4) is 5.75 Å². The highest BCUT2D eigenvalue weighted by Gasteiger charge is 2.43. The van der Waals surface area contributed by atoms with Gasteiger partial charge in [-0.25, -0.2) is 4.79 Å². The summed E-state index contributed by atoms with van der Waals surface area (Å²) in [6, 6.07) is 14.9. The summed E-state index contributed by atoms with van der Waals surface area (Å²) in [5, 5.41) is 11.2. The number of hydrogen-bond acceptors (Lipinski definition) is 5. The van der Waals surface area contributed by atoms with Crippen molar-refractivity contribution in [2.75, 3.05) is 20.4 Å². The Balaban J connectivity index is 0.000000983. The van der Waals surface area contributed by atoms with Gasteiger partial charge in [0.25, 0.3) is 0 Å². The molecule has 0 radical (unpaired) electrons. The third-order valence-electron chi connectivity index (χ3n) is 5.71. The lowest BCUT2D eigenvalue weighted by atomic mass is 9.94. The standard InChI is InChI=1S/C25H19Cl2F3N2O3.C2H7NO/c1-2-35-20-13-16(25(28,29)30)7-12-19(20)23-31-21(14-3-8-17(26)9-4-14)22(32(23)24(33)34)15-5-10-18(27)11-6-15;1-4-2-3/h3-13,21-22H,2H2,1H3,(H,33,34);2-3H2,1H3. The van der Waals surface area contributed by atoms with Gasteiger partial charge in [-0.2, -0.15) is 13.2 Å². The molecule has 0 aliphatic carbocycles. The van der Waals surface area contributed by atoms with Crippen LogP contribution in [0.4, 0.5) is 18.0 Å². The molecule has 3 aromatic carbocycles. The first-order chi connectivity index (χ1) is 18.5. The van der Waals surface area contributed by atoms with Gasteiger partial charge in [0.2, 0.25) is 0 Å². The Morgan fingerprint density at radius 3 is 2.03 bits per heavy atom. The molecule has 0 aromatic heterocycles. The fraction of sp³-hybridized carbons (Fsp3) is 0.259. The fourth-order valence-corrected chi connectivity index (χ4v) is 4.26. The summed E-state index contributed by atoms with van der Waals surface area (Å²) in [6.45, 7) is 2.03. The molecule has 0 saturated heterocycles. The summed E-state index contributed by atoms with van der Waals surface area (Å²) in [7, 11) is 1.56. The zero-order chi connectivity index (χ0) is 28.7. The Morgan fingerprint density at radius 1 is 1.03 bits per heavy atom. The number of carboxylic acid groups (broad SMARTS) is 1. The van der Waals surface area contributed by atoms with E-state index in [2.05, 4.69) is 4.74 Å². The number of benzene rings is 3. The van der Waals surface area contributed by atoms with Crippen molar-refractivity contribution >= 4 is 35.1 Å². The van der Waals surface area contributed by atoms with Crippen molar-refractivity contribution in [3.05, 3.63) is 99.0 Å². The van der Waals surface area contributed by atoms with Gasteiger partial charge in [-0.1, -0.05) is 47.5 Å². The smallest absolute Gasteiger partial charge is 0.416 e. The van der Waals surface area contributed by atoms with Gasteiger partial charge in [-0.05, 0) is 60.5 Å². The monoisotopic (exact) mass is 583 g/mol. The molecule has 12 heteroatoms. The number of methoxy groups -OCH3 is 1. The number of hydrogen-bond donors (Lipinski definition) is 2. The van der Waals surface area contributed by atoms with E-state index in [1.165, 1.54) is 6.07 Å². The van der Waals surface area contributed by atoms with Crippen molar-refractivity contribution in [1.29, 1.82) is 0 Å². The molecule has 0 bridgehead atoms. The van der Waals surface area contributed by atoms with Crippen LogP contribution in [0.2, 0.25) is 10.0 Å². The van der Waals surface area contributed by atoms with E-state index in [1.807, 2.05) is 0 Å². The lowest BCUT2D eigenvalue weighted by Crippen LogP contribution is -2.37. The minimum Gasteiger partial charge on any atom is -0.493 e. The first-order valence-electron chi connectivity index (χ1n) is 11.7. The highest BCUT2D eigenvalue weighted by atomic mass is 35.5. The summed E-state index contributed by atoms with van der Waals surface area (Å²) in [6.07, 6.45) is -5.91.